The van der Waals surface area contributed by atoms with Crippen LogP contribution in [0.5, 0.6) is 0 Å². The molecule has 1 amide bonds. The molecule has 112 valence electrons. The van der Waals surface area contributed by atoms with Crippen LogP contribution in [0.2, 0.25) is 0 Å². The summed E-state index contributed by atoms with van der Waals surface area (Å²) in [6.45, 7) is 11.3. The number of piperazine rings is 1. The first-order chi connectivity index (χ1) is 8.83. The molecular weight excluding hydrogens is 244 g/mol. The molecule has 5 nitrogen and oxygen atoms in total. The summed E-state index contributed by atoms with van der Waals surface area (Å²) in [5.74, 6) is 0. The number of hydrogen-bond donors (Lipinski definition) is 1. The van der Waals surface area contributed by atoms with Crippen molar-refractivity contribution in [3.8, 4) is 0 Å². The molecule has 0 spiro atoms. The number of aliphatic hydroxyl groups excluding tert-OH is 1. The third-order valence-electron chi connectivity index (χ3n) is 3.37. The van der Waals surface area contributed by atoms with E-state index in [1.807, 2.05) is 20.8 Å². The fourth-order valence-electron chi connectivity index (χ4n) is 2.24. The monoisotopic (exact) mass is 272 g/mol. The van der Waals surface area contributed by atoms with Crippen LogP contribution in [0.4, 0.5) is 4.79 Å². The Labute approximate surface area is 116 Å². The summed E-state index contributed by atoms with van der Waals surface area (Å²) in [5.41, 5.74) is -0.428. The van der Waals surface area contributed by atoms with Crippen molar-refractivity contribution in [1.82, 2.24) is 9.80 Å². The lowest BCUT2D eigenvalue weighted by molar-refractivity contribution is 0.0105. The van der Waals surface area contributed by atoms with Crippen LogP contribution in [0.15, 0.2) is 0 Å². The molecule has 5 heteroatoms. The van der Waals surface area contributed by atoms with Crippen molar-refractivity contribution < 1.29 is 14.6 Å². The lowest BCUT2D eigenvalue weighted by atomic mass is 10.1. The van der Waals surface area contributed by atoms with Gasteiger partial charge in [-0.25, -0.2) is 4.79 Å². The van der Waals surface area contributed by atoms with Crippen molar-refractivity contribution in [3.63, 3.8) is 0 Å². The van der Waals surface area contributed by atoms with Gasteiger partial charge >= 0.3 is 6.09 Å². The quantitative estimate of drug-likeness (QED) is 0.846. The highest BCUT2D eigenvalue weighted by Gasteiger charge is 2.27. The summed E-state index contributed by atoms with van der Waals surface area (Å²) in [6, 6.07) is 0.466. The van der Waals surface area contributed by atoms with E-state index in [9.17, 15) is 4.79 Å². The second kappa shape index (κ2) is 7.10. The average molecular weight is 272 g/mol. The average Bonchev–Trinajstić information content (AvgIpc) is 2.34. The van der Waals surface area contributed by atoms with Crippen LogP contribution < -0.4 is 0 Å². The number of aliphatic hydroxyl groups is 1. The minimum absolute atomic E-state index is 0.213. The molecule has 1 aliphatic rings. The number of amides is 1. The molecule has 1 N–H and O–H groups in total. The summed E-state index contributed by atoms with van der Waals surface area (Å²) < 4.78 is 5.37. The number of carbonyl (C=O) groups is 1. The van der Waals surface area contributed by atoms with Crippen LogP contribution in [-0.4, -0.2) is 65.4 Å². The van der Waals surface area contributed by atoms with Crippen LogP contribution in [0.25, 0.3) is 0 Å². The lowest BCUT2D eigenvalue weighted by Gasteiger charge is -2.38. The molecular formula is C14H28N2O3. The van der Waals surface area contributed by atoms with Crippen LogP contribution in [0, 0.1) is 0 Å². The van der Waals surface area contributed by atoms with Gasteiger partial charge in [0.25, 0.3) is 0 Å². The van der Waals surface area contributed by atoms with E-state index in [-0.39, 0.29) is 12.7 Å². The second-order valence-electron chi connectivity index (χ2n) is 6.22. The fourth-order valence-corrected chi connectivity index (χ4v) is 2.24. The normalized spacial score (nSPS) is 19.3. The first-order valence-corrected chi connectivity index (χ1v) is 7.16. The first-order valence-electron chi connectivity index (χ1n) is 7.16. The standard InChI is InChI=1S/C14H28N2O3/c1-12(6-5-11-17)15-7-9-16(10-8-15)13(18)19-14(2,3)4/h12,17H,5-11H2,1-4H3/t12-/m1/s1. The summed E-state index contributed by atoms with van der Waals surface area (Å²) in [4.78, 5) is 16.1. The van der Waals surface area contributed by atoms with Gasteiger partial charge in [-0.1, -0.05) is 0 Å². The van der Waals surface area contributed by atoms with Crippen molar-refractivity contribution in [2.24, 2.45) is 0 Å². The van der Waals surface area contributed by atoms with Crippen molar-refractivity contribution in [2.45, 2.75) is 52.2 Å². The van der Waals surface area contributed by atoms with E-state index < -0.39 is 5.60 Å². The fraction of sp³-hybridized carbons (Fsp3) is 0.929. The van der Waals surface area contributed by atoms with E-state index in [1.165, 1.54) is 0 Å². The smallest absolute Gasteiger partial charge is 0.410 e. The van der Waals surface area contributed by atoms with Crippen molar-refractivity contribution in [3.05, 3.63) is 0 Å². The molecule has 1 heterocycles. The number of ether oxygens (including phenoxy) is 1. The van der Waals surface area contributed by atoms with Crippen LogP contribution in [-0.2, 0) is 4.74 Å². The number of nitrogens with zero attached hydrogens (tertiary/aromatic N) is 2. The Morgan fingerprint density at radius 3 is 2.32 bits per heavy atom. The van der Waals surface area contributed by atoms with Gasteiger partial charge in [0.15, 0.2) is 0 Å². The zero-order valence-corrected chi connectivity index (χ0v) is 12.7. The topological polar surface area (TPSA) is 53.0 Å². The molecule has 1 rings (SSSR count). The Hall–Kier alpha value is -0.810. The Morgan fingerprint density at radius 2 is 1.84 bits per heavy atom. The molecule has 0 unspecified atom stereocenters. The number of rotatable bonds is 4. The summed E-state index contributed by atoms with van der Waals surface area (Å²) in [7, 11) is 0. The highest BCUT2D eigenvalue weighted by molar-refractivity contribution is 5.68. The molecule has 1 aliphatic heterocycles. The van der Waals surface area contributed by atoms with E-state index in [4.69, 9.17) is 9.84 Å². The molecule has 0 aromatic rings. The van der Waals surface area contributed by atoms with Gasteiger partial charge in [0.05, 0.1) is 0 Å². The molecule has 19 heavy (non-hydrogen) atoms. The third kappa shape index (κ3) is 5.78. The molecule has 0 bridgehead atoms. The van der Waals surface area contributed by atoms with Gasteiger partial charge in [-0.2, -0.15) is 0 Å². The molecule has 0 radical (unpaired) electrons. The van der Waals surface area contributed by atoms with Gasteiger partial charge in [0, 0.05) is 38.8 Å². The van der Waals surface area contributed by atoms with E-state index in [0.29, 0.717) is 6.04 Å². The Kier molecular flexibility index (Phi) is 6.07. The van der Waals surface area contributed by atoms with Gasteiger partial charge in [0.2, 0.25) is 0 Å². The zero-order chi connectivity index (χ0) is 14.5. The number of hydrogen-bond acceptors (Lipinski definition) is 4. The third-order valence-corrected chi connectivity index (χ3v) is 3.37. The molecule has 0 aromatic carbocycles. The predicted molar refractivity (Wildman–Crippen MR) is 75.2 cm³/mol. The maximum absolute atomic E-state index is 11.9. The molecule has 1 saturated heterocycles. The zero-order valence-electron chi connectivity index (χ0n) is 12.7. The molecule has 0 saturated carbocycles. The van der Waals surface area contributed by atoms with Gasteiger partial charge in [-0.3, -0.25) is 4.90 Å². The van der Waals surface area contributed by atoms with E-state index in [0.717, 1.165) is 39.0 Å². The maximum atomic E-state index is 11.9. The van der Waals surface area contributed by atoms with Gasteiger partial charge in [-0.05, 0) is 40.5 Å². The molecule has 1 atom stereocenters. The van der Waals surface area contributed by atoms with E-state index in [1.54, 1.807) is 4.90 Å². The molecule has 1 fully saturated rings. The maximum Gasteiger partial charge on any atom is 0.410 e. The van der Waals surface area contributed by atoms with Crippen molar-refractivity contribution >= 4 is 6.09 Å². The minimum atomic E-state index is -0.428. The van der Waals surface area contributed by atoms with Crippen LogP contribution in [0.1, 0.15) is 40.5 Å². The van der Waals surface area contributed by atoms with Crippen LogP contribution in [0.3, 0.4) is 0 Å². The molecule has 0 aliphatic carbocycles. The SMILES string of the molecule is C[C@H](CCCO)N1CCN(C(=O)OC(C)(C)C)CC1. The Bertz CT molecular complexity index is 281. The van der Waals surface area contributed by atoms with Gasteiger partial charge in [0.1, 0.15) is 5.60 Å². The Balaban J connectivity index is 2.34. The van der Waals surface area contributed by atoms with Gasteiger partial charge in [-0.15, -0.1) is 0 Å². The Morgan fingerprint density at radius 1 is 1.26 bits per heavy atom. The van der Waals surface area contributed by atoms with Crippen molar-refractivity contribution in [1.29, 1.82) is 0 Å². The van der Waals surface area contributed by atoms with Crippen LogP contribution >= 0.6 is 0 Å². The molecule has 0 aromatic heterocycles. The lowest BCUT2D eigenvalue weighted by Crippen LogP contribution is -2.52. The van der Waals surface area contributed by atoms with E-state index in [2.05, 4.69) is 11.8 Å². The minimum Gasteiger partial charge on any atom is -0.444 e. The summed E-state index contributed by atoms with van der Waals surface area (Å²) >= 11 is 0. The highest BCUT2D eigenvalue weighted by atomic mass is 16.6. The largest absolute Gasteiger partial charge is 0.444 e. The highest BCUT2D eigenvalue weighted by Crippen LogP contribution is 2.14. The second-order valence-corrected chi connectivity index (χ2v) is 6.22. The predicted octanol–water partition coefficient (Wildman–Crippen LogP) is 1.70. The van der Waals surface area contributed by atoms with E-state index >= 15 is 0 Å². The summed E-state index contributed by atoms with van der Waals surface area (Å²) in [6.07, 6.45) is 1.63. The number of carbonyl (C=O) groups excluding carboxylic acids is 1. The first kappa shape index (κ1) is 16.2. The summed E-state index contributed by atoms with van der Waals surface area (Å²) in [5, 5.41) is 8.85. The van der Waals surface area contributed by atoms with Gasteiger partial charge < -0.3 is 14.7 Å². The van der Waals surface area contributed by atoms with Crippen molar-refractivity contribution in [2.75, 3.05) is 32.8 Å².